The number of ether oxygens (including phenoxy) is 1. The predicted octanol–water partition coefficient (Wildman–Crippen LogP) is 3.34. The van der Waals surface area contributed by atoms with Crippen LogP contribution in [0.4, 0.5) is 0 Å². The Kier molecular flexibility index (Phi) is 5.67. The molecule has 2 rings (SSSR count). The Hall–Kier alpha value is -1.85. The Balaban J connectivity index is 1.99. The Bertz CT molecular complexity index is 656. The second-order valence-electron chi connectivity index (χ2n) is 7.20. The van der Waals surface area contributed by atoms with Gasteiger partial charge in [-0.2, -0.15) is 5.10 Å². The highest BCUT2D eigenvalue weighted by Gasteiger charge is 2.19. The van der Waals surface area contributed by atoms with Crippen LogP contribution >= 0.6 is 0 Å². The van der Waals surface area contributed by atoms with E-state index in [0.717, 1.165) is 22.6 Å². The summed E-state index contributed by atoms with van der Waals surface area (Å²) in [7, 11) is 1.63. The van der Waals surface area contributed by atoms with Crippen LogP contribution in [-0.2, 0) is 5.54 Å². The summed E-state index contributed by atoms with van der Waals surface area (Å²) >= 11 is 0. The molecular formula is C19H29N3O2. The molecule has 0 aliphatic rings. The third-order valence-electron chi connectivity index (χ3n) is 4.21. The van der Waals surface area contributed by atoms with E-state index < -0.39 is 6.10 Å². The van der Waals surface area contributed by atoms with Gasteiger partial charge in [0.1, 0.15) is 5.75 Å². The van der Waals surface area contributed by atoms with Crippen molar-refractivity contribution in [2.45, 2.75) is 52.3 Å². The van der Waals surface area contributed by atoms with Gasteiger partial charge in [-0.1, -0.05) is 12.1 Å². The van der Waals surface area contributed by atoms with Gasteiger partial charge in [0, 0.05) is 24.3 Å². The number of hydrogen-bond acceptors (Lipinski definition) is 4. The van der Waals surface area contributed by atoms with E-state index in [0.29, 0.717) is 6.54 Å². The van der Waals surface area contributed by atoms with E-state index in [9.17, 15) is 5.11 Å². The number of aliphatic hydroxyl groups is 1. The number of benzene rings is 1. The molecule has 5 heteroatoms. The predicted molar refractivity (Wildman–Crippen MR) is 96.3 cm³/mol. The van der Waals surface area contributed by atoms with Gasteiger partial charge in [-0.05, 0) is 52.3 Å². The fourth-order valence-electron chi connectivity index (χ4n) is 2.58. The molecule has 1 aromatic carbocycles. The fourth-order valence-corrected chi connectivity index (χ4v) is 2.58. The van der Waals surface area contributed by atoms with Gasteiger partial charge in [0.2, 0.25) is 0 Å². The zero-order valence-electron chi connectivity index (χ0n) is 15.5. The van der Waals surface area contributed by atoms with Crippen LogP contribution in [0.3, 0.4) is 0 Å². The van der Waals surface area contributed by atoms with Crippen LogP contribution in [0.15, 0.2) is 30.5 Å². The van der Waals surface area contributed by atoms with Crippen LogP contribution in [0.2, 0.25) is 0 Å². The van der Waals surface area contributed by atoms with Gasteiger partial charge in [-0.3, -0.25) is 4.68 Å². The third-order valence-corrected chi connectivity index (χ3v) is 4.21. The van der Waals surface area contributed by atoms with E-state index in [-0.39, 0.29) is 11.6 Å². The molecule has 0 saturated carbocycles. The molecule has 0 radical (unpaired) electrons. The first kappa shape index (κ1) is 18.5. The Labute approximate surface area is 144 Å². The summed E-state index contributed by atoms with van der Waals surface area (Å²) in [5.41, 5.74) is 3.01. The summed E-state index contributed by atoms with van der Waals surface area (Å²) in [5, 5.41) is 18.4. The number of nitrogens with one attached hydrogen (secondary N) is 1. The van der Waals surface area contributed by atoms with Crippen LogP contribution < -0.4 is 10.1 Å². The molecule has 1 aromatic heterocycles. The third kappa shape index (κ3) is 4.36. The van der Waals surface area contributed by atoms with Crippen molar-refractivity contribution >= 4 is 0 Å². The topological polar surface area (TPSA) is 59.3 Å². The molecule has 0 aliphatic carbocycles. The van der Waals surface area contributed by atoms with Crippen molar-refractivity contribution in [3.63, 3.8) is 0 Å². The van der Waals surface area contributed by atoms with Crippen molar-refractivity contribution < 1.29 is 9.84 Å². The maximum Gasteiger partial charge on any atom is 0.118 e. The van der Waals surface area contributed by atoms with Crippen molar-refractivity contribution in [3.8, 4) is 5.75 Å². The lowest BCUT2D eigenvalue weighted by Gasteiger charge is -2.19. The highest BCUT2D eigenvalue weighted by atomic mass is 16.5. The SMILES string of the molecule is COc1ccc(C(O)CNC(C)c2cn(C(C)(C)C)nc2C)cc1. The van der Waals surface area contributed by atoms with E-state index in [2.05, 4.69) is 44.3 Å². The molecule has 2 aromatic rings. The quantitative estimate of drug-likeness (QED) is 0.852. The average Bonchev–Trinajstić information content (AvgIpc) is 2.94. The molecule has 0 bridgehead atoms. The summed E-state index contributed by atoms with van der Waals surface area (Å²) in [6, 6.07) is 7.62. The Morgan fingerprint density at radius 1 is 1.25 bits per heavy atom. The first-order chi connectivity index (χ1) is 11.2. The highest BCUT2D eigenvalue weighted by Crippen LogP contribution is 2.22. The van der Waals surface area contributed by atoms with Crippen LogP contribution in [0.25, 0.3) is 0 Å². The maximum absolute atomic E-state index is 10.4. The molecule has 0 spiro atoms. The lowest BCUT2D eigenvalue weighted by molar-refractivity contribution is 0.170. The average molecular weight is 331 g/mol. The molecule has 2 N–H and O–H groups in total. The summed E-state index contributed by atoms with van der Waals surface area (Å²) in [5.74, 6) is 0.789. The molecule has 0 amide bonds. The molecular weight excluding hydrogens is 302 g/mol. The number of aliphatic hydroxyl groups excluding tert-OH is 1. The second kappa shape index (κ2) is 7.36. The van der Waals surface area contributed by atoms with Crippen molar-refractivity contribution in [3.05, 3.63) is 47.3 Å². The van der Waals surface area contributed by atoms with E-state index in [1.54, 1.807) is 7.11 Å². The zero-order valence-corrected chi connectivity index (χ0v) is 15.5. The molecule has 0 aliphatic heterocycles. The number of aryl methyl sites for hydroxylation is 1. The first-order valence-corrected chi connectivity index (χ1v) is 8.34. The standard InChI is InChI=1S/C19H29N3O2/c1-13(17-12-22(19(3,4)5)21-14(17)2)20-11-18(23)15-7-9-16(24-6)10-8-15/h7-10,12-13,18,20,23H,11H2,1-6H3. The number of methoxy groups -OCH3 is 1. The largest absolute Gasteiger partial charge is 0.497 e. The van der Waals surface area contributed by atoms with Gasteiger partial charge < -0.3 is 15.2 Å². The molecule has 24 heavy (non-hydrogen) atoms. The Morgan fingerprint density at radius 3 is 2.38 bits per heavy atom. The van der Waals surface area contributed by atoms with Gasteiger partial charge >= 0.3 is 0 Å². The molecule has 132 valence electrons. The summed E-state index contributed by atoms with van der Waals surface area (Å²) in [4.78, 5) is 0. The minimum atomic E-state index is -0.559. The van der Waals surface area contributed by atoms with Crippen molar-refractivity contribution in [2.24, 2.45) is 0 Å². The molecule has 0 saturated heterocycles. The summed E-state index contributed by atoms with van der Waals surface area (Å²) in [6.07, 6.45) is 1.53. The van der Waals surface area contributed by atoms with Crippen molar-refractivity contribution in [1.29, 1.82) is 0 Å². The Morgan fingerprint density at radius 2 is 1.88 bits per heavy atom. The van der Waals surface area contributed by atoms with E-state index in [4.69, 9.17) is 4.74 Å². The minimum absolute atomic E-state index is 0.0364. The van der Waals surface area contributed by atoms with E-state index >= 15 is 0 Å². The number of nitrogens with zero attached hydrogens (tertiary/aromatic N) is 2. The monoisotopic (exact) mass is 331 g/mol. The molecule has 2 unspecified atom stereocenters. The lowest BCUT2D eigenvalue weighted by atomic mass is 10.1. The fraction of sp³-hybridized carbons (Fsp3) is 0.526. The molecule has 2 atom stereocenters. The summed E-state index contributed by atoms with van der Waals surface area (Å²) < 4.78 is 7.14. The van der Waals surface area contributed by atoms with Crippen LogP contribution in [0.1, 0.15) is 56.7 Å². The van der Waals surface area contributed by atoms with Gasteiger partial charge in [0.05, 0.1) is 24.4 Å². The maximum atomic E-state index is 10.4. The normalized spacial score (nSPS) is 14.5. The second-order valence-corrected chi connectivity index (χ2v) is 7.20. The first-order valence-electron chi connectivity index (χ1n) is 8.34. The van der Waals surface area contributed by atoms with Crippen LogP contribution in [0, 0.1) is 6.92 Å². The minimum Gasteiger partial charge on any atom is -0.497 e. The molecule has 5 nitrogen and oxygen atoms in total. The van der Waals surface area contributed by atoms with Crippen molar-refractivity contribution in [1.82, 2.24) is 15.1 Å². The van der Waals surface area contributed by atoms with Crippen molar-refractivity contribution in [2.75, 3.05) is 13.7 Å². The van der Waals surface area contributed by atoms with Gasteiger partial charge in [-0.15, -0.1) is 0 Å². The number of rotatable bonds is 6. The van der Waals surface area contributed by atoms with Crippen LogP contribution in [0.5, 0.6) is 5.75 Å². The number of aromatic nitrogens is 2. The van der Waals surface area contributed by atoms with Gasteiger partial charge in [0.25, 0.3) is 0 Å². The molecule has 0 fully saturated rings. The molecule has 1 heterocycles. The van der Waals surface area contributed by atoms with Gasteiger partial charge in [0.15, 0.2) is 0 Å². The smallest absolute Gasteiger partial charge is 0.118 e. The lowest BCUT2D eigenvalue weighted by Crippen LogP contribution is -2.25. The van der Waals surface area contributed by atoms with E-state index in [1.807, 2.05) is 35.9 Å². The van der Waals surface area contributed by atoms with Gasteiger partial charge in [-0.25, -0.2) is 0 Å². The zero-order chi connectivity index (χ0) is 17.9. The van der Waals surface area contributed by atoms with E-state index in [1.165, 1.54) is 0 Å². The van der Waals surface area contributed by atoms with Crippen LogP contribution in [-0.4, -0.2) is 28.5 Å². The summed E-state index contributed by atoms with van der Waals surface area (Å²) in [6.45, 7) is 11.0. The number of hydrogen-bond donors (Lipinski definition) is 2. The highest BCUT2D eigenvalue weighted by molar-refractivity contribution is 5.28.